The number of hydrogen-bond acceptors (Lipinski definition) is 4. The largest absolute Gasteiger partial charge is 0.464 e. The van der Waals surface area contributed by atoms with Crippen molar-refractivity contribution in [1.29, 1.82) is 0 Å². The SMILES string of the molecule is O=c1c(CNc2ccc3cn[nH]c3c2)coc2ccccc12. The molecule has 0 saturated carbocycles. The highest BCUT2D eigenvalue weighted by molar-refractivity contribution is 5.81. The minimum atomic E-state index is -0.00281. The van der Waals surface area contributed by atoms with Crippen molar-refractivity contribution in [2.24, 2.45) is 0 Å². The number of benzene rings is 2. The van der Waals surface area contributed by atoms with E-state index in [0.717, 1.165) is 16.6 Å². The number of aromatic nitrogens is 2. The lowest BCUT2D eigenvalue weighted by Crippen LogP contribution is -2.12. The molecule has 4 rings (SSSR count). The molecule has 0 radical (unpaired) electrons. The maximum atomic E-state index is 12.4. The Kier molecular flexibility index (Phi) is 2.89. The minimum absolute atomic E-state index is 0.00281. The van der Waals surface area contributed by atoms with E-state index in [0.29, 0.717) is 23.1 Å². The first-order chi connectivity index (χ1) is 10.8. The van der Waals surface area contributed by atoms with Gasteiger partial charge in [-0.3, -0.25) is 9.89 Å². The molecule has 0 spiro atoms. The molecule has 4 aromatic rings. The summed E-state index contributed by atoms with van der Waals surface area (Å²) in [5.41, 5.74) is 3.08. The van der Waals surface area contributed by atoms with E-state index in [1.165, 1.54) is 6.26 Å². The molecule has 0 aliphatic rings. The van der Waals surface area contributed by atoms with Gasteiger partial charge in [0.1, 0.15) is 5.58 Å². The molecule has 0 aliphatic heterocycles. The summed E-state index contributed by atoms with van der Waals surface area (Å²) in [5.74, 6) is 0. The van der Waals surface area contributed by atoms with Crippen LogP contribution >= 0.6 is 0 Å². The summed E-state index contributed by atoms with van der Waals surface area (Å²) >= 11 is 0. The predicted molar refractivity (Wildman–Crippen MR) is 85.9 cm³/mol. The lowest BCUT2D eigenvalue weighted by atomic mass is 10.1. The zero-order valence-corrected chi connectivity index (χ0v) is 11.7. The van der Waals surface area contributed by atoms with Crippen LogP contribution in [-0.4, -0.2) is 10.2 Å². The van der Waals surface area contributed by atoms with Crippen molar-refractivity contribution in [3.05, 3.63) is 70.7 Å². The van der Waals surface area contributed by atoms with Gasteiger partial charge in [0.25, 0.3) is 0 Å². The Morgan fingerprint density at radius 2 is 2.09 bits per heavy atom. The van der Waals surface area contributed by atoms with E-state index in [1.54, 1.807) is 18.3 Å². The van der Waals surface area contributed by atoms with Crippen LogP contribution in [0.1, 0.15) is 5.56 Å². The van der Waals surface area contributed by atoms with Gasteiger partial charge in [0.05, 0.1) is 28.9 Å². The molecule has 2 heterocycles. The average molecular weight is 291 g/mol. The summed E-state index contributed by atoms with van der Waals surface area (Å²) in [7, 11) is 0. The molecule has 5 heteroatoms. The second-order valence-corrected chi connectivity index (χ2v) is 5.11. The molecule has 2 N–H and O–H groups in total. The molecule has 0 bridgehead atoms. The Morgan fingerprint density at radius 1 is 1.18 bits per heavy atom. The van der Waals surface area contributed by atoms with Crippen molar-refractivity contribution in [2.75, 3.05) is 5.32 Å². The molecule has 0 fully saturated rings. The van der Waals surface area contributed by atoms with Crippen molar-refractivity contribution in [3.8, 4) is 0 Å². The third-order valence-corrected chi connectivity index (χ3v) is 3.68. The van der Waals surface area contributed by atoms with Gasteiger partial charge in [0.2, 0.25) is 0 Å². The van der Waals surface area contributed by atoms with Crippen molar-refractivity contribution < 1.29 is 4.42 Å². The molecule has 2 aromatic heterocycles. The normalized spacial score (nSPS) is 11.1. The summed E-state index contributed by atoms with van der Waals surface area (Å²) in [5, 5.41) is 11.8. The van der Waals surface area contributed by atoms with Gasteiger partial charge >= 0.3 is 0 Å². The second-order valence-electron chi connectivity index (χ2n) is 5.11. The molecule has 108 valence electrons. The number of fused-ring (bicyclic) bond motifs is 2. The lowest BCUT2D eigenvalue weighted by Gasteiger charge is -2.06. The van der Waals surface area contributed by atoms with E-state index in [1.807, 2.05) is 30.3 Å². The predicted octanol–water partition coefficient (Wildman–Crippen LogP) is 3.28. The van der Waals surface area contributed by atoms with Gasteiger partial charge in [0.15, 0.2) is 5.43 Å². The molecule has 0 aliphatic carbocycles. The quantitative estimate of drug-likeness (QED) is 0.607. The molecule has 2 aromatic carbocycles. The van der Waals surface area contributed by atoms with Crippen LogP contribution in [-0.2, 0) is 6.54 Å². The third-order valence-electron chi connectivity index (χ3n) is 3.68. The fourth-order valence-electron chi connectivity index (χ4n) is 2.48. The van der Waals surface area contributed by atoms with E-state index in [4.69, 9.17) is 4.42 Å². The van der Waals surface area contributed by atoms with Crippen LogP contribution in [0.5, 0.6) is 0 Å². The van der Waals surface area contributed by atoms with Crippen LogP contribution in [0, 0.1) is 0 Å². The Labute approximate surface area is 125 Å². The number of hydrogen-bond donors (Lipinski definition) is 2. The highest BCUT2D eigenvalue weighted by Gasteiger charge is 2.06. The number of aromatic amines is 1. The molecular formula is C17H13N3O2. The summed E-state index contributed by atoms with van der Waals surface area (Å²) in [6.45, 7) is 0.410. The average Bonchev–Trinajstić information content (AvgIpc) is 3.02. The van der Waals surface area contributed by atoms with Crippen LogP contribution in [0.3, 0.4) is 0 Å². The Balaban J connectivity index is 1.63. The maximum absolute atomic E-state index is 12.4. The topological polar surface area (TPSA) is 70.9 Å². The summed E-state index contributed by atoms with van der Waals surface area (Å²) < 4.78 is 5.51. The number of para-hydroxylation sites is 1. The van der Waals surface area contributed by atoms with Gasteiger partial charge in [-0.2, -0.15) is 5.10 Å². The minimum Gasteiger partial charge on any atom is -0.464 e. The zero-order chi connectivity index (χ0) is 14.9. The van der Waals surface area contributed by atoms with Gasteiger partial charge in [0, 0.05) is 17.6 Å². The van der Waals surface area contributed by atoms with Crippen LogP contribution in [0.25, 0.3) is 21.9 Å². The van der Waals surface area contributed by atoms with Gasteiger partial charge in [-0.05, 0) is 30.3 Å². The zero-order valence-electron chi connectivity index (χ0n) is 11.7. The van der Waals surface area contributed by atoms with Crippen molar-refractivity contribution >= 4 is 27.6 Å². The molecule has 0 atom stereocenters. The fourth-order valence-corrected chi connectivity index (χ4v) is 2.48. The van der Waals surface area contributed by atoms with E-state index >= 15 is 0 Å². The van der Waals surface area contributed by atoms with Crippen LogP contribution < -0.4 is 10.7 Å². The molecule has 0 amide bonds. The molecular weight excluding hydrogens is 278 g/mol. The summed E-state index contributed by atoms with van der Waals surface area (Å²) in [6.07, 6.45) is 3.30. The first kappa shape index (κ1) is 12.6. The molecule has 22 heavy (non-hydrogen) atoms. The second kappa shape index (κ2) is 5.04. The smallest absolute Gasteiger partial charge is 0.197 e. The standard InChI is InChI=1S/C17H13N3O2/c21-17-12(10-22-16-4-2-1-3-14(16)17)8-18-13-6-5-11-9-19-20-15(11)7-13/h1-7,9-10,18H,8H2,(H,19,20). The van der Waals surface area contributed by atoms with Gasteiger partial charge in [-0.25, -0.2) is 0 Å². The number of nitrogens with zero attached hydrogens (tertiary/aromatic N) is 1. The van der Waals surface area contributed by atoms with Crippen LogP contribution in [0.4, 0.5) is 5.69 Å². The van der Waals surface area contributed by atoms with E-state index in [2.05, 4.69) is 15.5 Å². The Morgan fingerprint density at radius 3 is 3.05 bits per heavy atom. The number of nitrogens with one attached hydrogen (secondary N) is 2. The summed E-state index contributed by atoms with van der Waals surface area (Å²) in [4.78, 5) is 12.4. The first-order valence-electron chi connectivity index (χ1n) is 6.98. The van der Waals surface area contributed by atoms with E-state index in [-0.39, 0.29) is 5.43 Å². The van der Waals surface area contributed by atoms with Gasteiger partial charge in [-0.1, -0.05) is 12.1 Å². The molecule has 0 saturated heterocycles. The molecule has 5 nitrogen and oxygen atoms in total. The number of anilines is 1. The number of H-pyrrole nitrogens is 1. The van der Waals surface area contributed by atoms with Crippen molar-refractivity contribution in [1.82, 2.24) is 10.2 Å². The first-order valence-corrected chi connectivity index (χ1v) is 6.98. The van der Waals surface area contributed by atoms with Gasteiger partial charge in [-0.15, -0.1) is 0 Å². The van der Waals surface area contributed by atoms with Crippen molar-refractivity contribution in [3.63, 3.8) is 0 Å². The maximum Gasteiger partial charge on any atom is 0.197 e. The monoisotopic (exact) mass is 291 g/mol. The van der Waals surface area contributed by atoms with Crippen LogP contribution in [0.15, 0.2) is 64.1 Å². The van der Waals surface area contributed by atoms with Crippen molar-refractivity contribution in [2.45, 2.75) is 6.54 Å². The third kappa shape index (κ3) is 2.13. The Hall–Kier alpha value is -3.08. The van der Waals surface area contributed by atoms with Gasteiger partial charge < -0.3 is 9.73 Å². The Bertz CT molecular complexity index is 1020. The fraction of sp³-hybridized carbons (Fsp3) is 0.0588. The van der Waals surface area contributed by atoms with E-state index in [9.17, 15) is 4.79 Å². The van der Waals surface area contributed by atoms with Crippen LogP contribution in [0.2, 0.25) is 0 Å². The van der Waals surface area contributed by atoms with E-state index < -0.39 is 0 Å². The highest BCUT2D eigenvalue weighted by atomic mass is 16.3. The lowest BCUT2D eigenvalue weighted by molar-refractivity contribution is 0.594. The summed E-state index contributed by atoms with van der Waals surface area (Å²) in [6, 6.07) is 13.2. The molecule has 0 unspecified atom stereocenters. The number of rotatable bonds is 3. The highest BCUT2D eigenvalue weighted by Crippen LogP contribution is 2.17.